The van der Waals surface area contributed by atoms with Gasteiger partial charge in [0.05, 0.1) is 17.7 Å². The quantitative estimate of drug-likeness (QED) is 0.670. The van der Waals surface area contributed by atoms with E-state index < -0.39 is 29.6 Å². The number of carbonyl (C=O) groups excluding carboxylic acids is 2. The first-order valence-electron chi connectivity index (χ1n) is 6.29. The van der Waals surface area contributed by atoms with Crippen LogP contribution in [0.1, 0.15) is 30.6 Å². The van der Waals surface area contributed by atoms with Gasteiger partial charge in [-0.3, -0.25) is 4.79 Å². The van der Waals surface area contributed by atoms with Crippen molar-refractivity contribution in [2.45, 2.75) is 26.3 Å². The van der Waals surface area contributed by atoms with Crippen molar-refractivity contribution in [2.24, 2.45) is 5.92 Å². The van der Waals surface area contributed by atoms with Crippen molar-refractivity contribution in [2.75, 3.05) is 7.11 Å². The van der Waals surface area contributed by atoms with E-state index in [9.17, 15) is 18.4 Å². The van der Waals surface area contributed by atoms with Gasteiger partial charge in [0.1, 0.15) is 6.04 Å². The molecule has 7 heteroatoms. The van der Waals surface area contributed by atoms with E-state index in [1.807, 2.05) is 13.8 Å². The number of methoxy groups -OCH3 is 1. The minimum absolute atomic E-state index is 0.120. The Kier molecular flexibility index (Phi) is 6.08. The lowest BCUT2D eigenvalue weighted by atomic mass is 10.0. The number of hydrogen-bond donors (Lipinski definition) is 1. The summed E-state index contributed by atoms with van der Waals surface area (Å²) in [4.78, 5) is 23.7. The molecule has 0 aliphatic rings. The fourth-order valence-electron chi connectivity index (χ4n) is 1.76. The fraction of sp³-hybridized carbons (Fsp3) is 0.429. The number of amides is 1. The Balaban J connectivity index is 2.96. The van der Waals surface area contributed by atoms with E-state index in [2.05, 4.69) is 10.1 Å². The molecular formula is C14H16ClF2NO3. The summed E-state index contributed by atoms with van der Waals surface area (Å²) in [6, 6.07) is 0.518. The number of esters is 1. The Morgan fingerprint density at radius 3 is 2.38 bits per heavy atom. The Morgan fingerprint density at radius 1 is 1.29 bits per heavy atom. The Bertz CT molecular complexity index is 549. The van der Waals surface area contributed by atoms with Gasteiger partial charge in [-0.25, -0.2) is 13.6 Å². The lowest BCUT2D eigenvalue weighted by Crippen LogP contribution is -2.42. The maximum atomic E-state index is 13.2. The molecule has 0 radical (unpaired) electrons. The minimum Gasteiger partial charge on any atom is -0.467 e. The van der Waals surface area contributed by atoms with Gasteiger partial charge < -0.3 is 10.1 Å². The van der Waals surface area contributed by atoms with Crippen LogP contribution in [0.15, 0.2) is 12.1 Å². The molecule has 0 saturated heterocycles. The highest BCUT2D eigenvalue weighted by Crippen LogP contribution is 2.20. The van der Waals surface area contributed by atoms with Crippen molar-refractivity contribution in [3.05, 3.63) is 34.4 Å². The molecule has 0 fully saturated rings. The molecule has 0 aliphatic carbocycles. The van der Waals surface area contributed by atoms with Crippen molar-refractivity contribution in [3.63, 3.8) is 0 Å². The summed E-state index contributed by atoms with van der Waals surface area (Å²) in [5, 5.41) is 2.18. The summed E-state index contributed by atoms with van der Waals surface area (Å²) in [6.45, 7) is 3.74. The average molecular weight is 320 g/mol. The van der Waals surface area contributed by atoms with Crippen LogP contribution >= 0.6 is 11.6 Å². The number of hydrogen-bond acceptors (Lipinski definition) is 3. The van der Waals surface area contributed by atoms with Crippen LogP contribution in [0.25, 0.3) is 0 Å². The van der Waals surface area contributed by atoms with Crippen LogP contribution in [0.5, 0.6) is 0 Å². The zero-order chi connectivity index (χ0) is 16.2. The number of nitrogens with one attached hydrogen (secondary N) is 1. The minimum atomic E-state index is -1.19. The number of benzene rings is 1. The summed E-state index contributed by atoms with van der Waals surface area (Å²) in [5.74, 6) is -3.60. The average Bonchev–Trinajstić information content (AvgIpc) is 2.40. The second-order valence-corrected chi connectivity index (χ2v) is 5.33. The Morgan fingerprint density at radius 2 is 1.86 bits per heavy atom. The van der Waals surface area contributed by atoms with E-state index in [0.29, 0.717) is 18.6 Å². The highest BCUT2D eigenvalue weighted by Gasteiger charge is 2.24. The monoisotopic (exact) mass is 319 g/mol. The second-order valence-electron chi connectivity index (χ2n) is 4.92. The molecule has 1 unspecified atom stereocenters. The summed E-state index contributed by atoms with van der Waals surface area (Å²) in [5.41, 5.74) is -0.242. The predicted octanol–water partition coefficient (Wildman–Crippen LogP) is 2.94. The highest BCUT2D eigenvalue weighted by molar-refractivity contribution is 6.33. The SMILES string of the molecule is COC(=O)C(CC(C)C)NC(=O)c1cc(F)c(F)cc1Cl. The number of rotatable bonds is 5. The first-order chi connectivity index (χ1) is 9.76. The van der Waals surface area contributed by atoms with Gasteiger partial charge >= 0.3 is 5.97 Å². The van der Waals surface area contributed by atoms with E-state index >= 15 is 0 Å². The largest absolute Gasteiger partial charge is 0.467 e. The molecule has 0 heterocycles. The van der Waals surface area contributed by atoms with Crippen LogP contribution in [0, 0.1) is 17.6 Å². The molecule has 0 aliphatic heterocycles. The van der Waals surface area contributed by atoms with Crippen molar-refractivity contribution in [3.8, 4) is 0 Å². The van der Waals surface area contributed by atoms with Crippen LogP contribution in [0.2, 0.25) is 5.02 Å². The first kappa shape index (κ1) is 17.4. The zero-order valence-electron chi connectivity index (χ0n) is 11.9. The highest BCUT2D eigenvalue weighted by atomic mass is 35.5. The molecule has 0 aromatic heterocycles. The molecule has 1 N–H and O–H groups in total. The molecule has 4 nitrogen and oxygen atoms in total. The van der Waals surface area contributed by atoms with E-state index in [-0.39, 0.29) is 16.5 Å². The predicted molar refractivity (Wildman–Crippen MR) is 74.1 cm³/mol. The Hall–Kier alpha value is -1.69. The van der Waals surface area contributed by atoms with Crippen LogP contribution in [0.4, 0.5) is 8.78 Å². The third-order valence-electron chi connectivity index (χ3n) is 2.75. The molecule has 1 atom stereocenters. The van der Waals surface area contributed by atoms with Gasteiger partial charge in [-0.2, -0.15) is 0 Å². The lowest BCUT2D eigenvalue weighted by molar-refractivity contribution is -0.143. The molecule has 1 aromatic rings. The van der Waals surface area contributed by atoms with Crippen molar-refractivity contribution in [1.29, 1.82) is 0 Å². The van der Waals surface area contributed by atoms with Crippen LogP contribution in [-0.4, -0.2) is 25.0 Å². The molecular weight excluding hydrogens is 304 g/mol. The molecule has 0 saturated carbocycles. The first-order valence-corrected chi connectivity index (χ1v) is 6.67. The topological polar surface area (TPSA) is 55.4 Å². The van der Waals surface area contributed by atoms with Gasteiger partial charge in [-0.05, 0) is 24.5 Å². The van der Waals surface area contributed by atoms with Crippen molar-refractivity contribution in [1.82, 2.24) is 5.32 Å². The summed E-state index contributed by atoms with van der Waals surface area (Å²) >= 11 is 5.72. The maximum Gasteiger partial charge on any atom is 0.328 e. The third kappa shape index (κ3) is 4.67. The van der Waals surface area contributed by atoms with E-state index in [4.69, 9.17) is 11.6 Å². The molecule has 0 bridgehead atoms. The second kappa shape index (κ2) is 7.36. The summed E-state index contributed by atoms with van der Waals surface area (Å²) in [6.07, 6.45) is 0.347. The molecule has 21 heavy (non-hydrogen) atoms. The lowest BCUT2D eigenvalue weighted by Gasteiger charge is -2.18. The standard InChI is InChI=1S/C14H16ClF2NO3/c1-7(2)4-12(14(20)21-3)18-13(19)8-5-10(16)11(17)6-9(8)15/h5-7,12H,4H2,1-3H3,(H,18,19). The Labute approximate surface area is 126 Å². The van der Waals surface area contributed by atoms with Crippen LogP contribution in [-0.2, 0) is 9.53 Å². The van der Waals surface area contributed by atoms with Gasteiger partial charge in [-0.15, -0.1) is 0 Å². The van der Waals surface area contributed by atoms with Gasteiger partial charge in [0.2, 0.25) is 0 Å². The summed E-state index contributed by atoms with van der Waals surface area (Å²) in [7, 11) is 1.20. The number of halogens is 3. The molecule has 1 amide bonds. The van der Waals surface area contributed by atoms with E-state index in [1.54, 1.807) is 0 Å². The fourth-order valence-corrected chi connectivity index (χ4v) is 2.00. The van der Waals surface area contributed by atoms with Gasteiger partial charge in [-0.1, -0.05) is 25.4 Å². The van der Waals surface area contributed by atoms with Crippen molar-refractivity contribution < 1.29 is 23.1 Å². The zero-order valence-corrected chi connectivity index (χ0v) is 12.6. The van der Waals surface area contributed by atoms with Gasteiger partial charge in [0, 0.05) is 0 Å². The molecule has 116 valence electrons. The number of carbonyl (C=O) groups is 2. The van der Waals surface area contributed by atoms with Gasteiger partial charge in [0.25, 0.3) is 5.91 Å². The van der Waals surface area contributed by atoms with E-state index in [0.717, 1.165) is 0 Å². The van der Waals surface area contributed by atoms with Gasteiger partial charge in [0.15, 0.2) is 11.6 Å². The normalized spacial score (nSPS) is 12.1. The molecule has 1 aromatic carbocycles. The van der Waals surface area contributed by atoms with E-state index in [1.165, 1.54) is 7.11 Å². The molecule has 0 spiro atoms. The third-order valence-corrected chi connectivity index (χ3v) is 3.07. The summed E-state index contributed by atoms with van der Waals surface area (Å²) < 4.78 is 30.8. The van der Waals surface area contributed by atoms with Crippen LogP contribution in [0.3, 0.4) is 0 Å². The van der Waals surface area contributed by atoms with Crippen LogP contribution < -0.4 is 5.32 Å². The molecule has 1 rings (SSSR count). The van der Waals surface area contributed by atoms with Crippen molar-refractivity contribution >= 4 is 23.5 Å². The smallest absolute Gasteiger partial charge is 0.328 e. The maximum absolute atomic E-state index is 13.2. The number of ether oxygens (including phenoxy) is 1.